The highest BCUT2D eigenvalue weighted by atomic mass is 19.1. The molecule has 0 saturated heterocycles. The Labute approximate surface area is 88.5 Å². The zero-order valence-corrected chi connectivity index (χ0v) is 9.35. The van der Waals surface area contributed by atoms with Crippen LogP contribution in [0.5, 0.6) is 0 Å². The topological polar surface area (TPSA) is 41.6 Å². The van der Waals surface area contributed by atoms with Gasteiger partial charge >= 0.3 is 6.09 Å². The number of carbonyl (C=O) groups excluding carboxylic acids is 1. The van der Waals surface area contributed by atoms with E-state index in [1.165, 1.54) is 5.01 Å². The number of halogens is 2. The lowest BCUT2D eigenvalue weighted by atomic mass is 10.1. The Morgan fingerprint density at radius 1 is 1.33 bits per heavy atom. The lowest BCUT2D eigenvalue weighted by Crippen LogP contribution is -2.53. The Morgan fingerprint density at radius 2 is 1.93 bits per heavy atom. The molecule has 0 aromatic carbocycles. The number of amides is 1. The van der Waals surface area contributed by atoms with Gasteiger partial charge in [-0.2, -0.15) is 0 Å². The Hall–Kier alpha value is -0.910. The number of nitrogens with zero attached hydrogens (tertiary/aromatic N) is 1. The van der Waals surface area contributed by atoms with Gasteiger partial charge in [-0.3, -0.25) is 5.43 Å². The molecule has 0 aliphatic carbocycles. The van der Waals surface area contributed by atoms with Crippen molar-refractivity contribution < 1.29 is 18.3 Å². The van der Waals surface area contributed by atoms with Crippen molar-refractivity contribution in [2.75, 3.05) is 26.5 Å². The first kappa shape index (κ1) is 14.1. The SMILES string of the molecule is CC(C)(C)N(CCF)NC(=O)OCCF. The van der Waals surface area contributed by atoms with Gasteiger partial charge in [0.25, 0.3) is 0 Å². The largest absolute Gasteiger partial charge is 0.446 e. The summed E-state index contributed by atoms with van der Waals surface area (Å²) >= 11 is 0. The van der Waals surface area contributed by atoms with Gasteiger partial charge in [0, 0.05) is 12.1 Å². The van der Waals surface area contributed by atoms with E-state index in [2.05, 4.69) is 10.2 Å². The highest BCUT2D eigenvalue weighted by molar-refractivity contribution is 5.66. The molecule has 0 saturated carbocycles. The first-order chi connectivity index (χ1) is 6.91. The fraction of sp³-hybridized carbons (Fsp3) is 0.889. The van der Waals surface area contributed by atoms with Crippen molar-refractivity contribution in [1.82, 2.24) is 10.4 Å². The monoisotopic (exact) mass is 224 g/mol. The molecule has 0 rings (SSSR count). The molecular weight excluding hydrogens is 206 g/mol. The summed E-state index contributed by atoms with van der Waals surface area (Å²) in [6.07, 6.45) is -0.768. The molecule has 0 heterocycles. The van der Waals surface area contributed by atoms with E-state index in [1.54, 1.807) is 0 Å². The van der Waals surface area contributed by atoms with Crippen LogP contribution in [-0.2, 0) is 4.74 Å². The van der Waals surface area contributed by atoms with Crippen LogP contribution >= 0.6 is 0 Å². The van der Waals surface area contributed by atoms with E-state index in [0.717, 1.165) is 0 Å². The molecule has 0 aliphatic rings. The molecule has 0 radical (unpaired) electrons. The van der Waals surface area contributed by atoms with Gasteiger partial charge in [-0.05, 0) is 20.8 Å². The van der Waals surface area contributed by atoms with Gasteiger partial charge in [-0.1, -0.05) is 0 Å². The van der Waals surface area contributed by atoms with E-state index in [0.29, 0.717) is 0 Å². The fourth-order valence-corrected chi connectivity index (χ4v) is 0.917. The minimum absolute atomic E-state index is 0.0637. The van der Waals surface area contributed by atoms with E-state index in [4.69, 9.17) is 0 Å². The fourth-order valence-electron chi connectivity index (χ4n) is 0.917. The Kier molecular flexibility index (Phi) is 6.15. The maximum atomic E-state index is 12.2. The molecule has 1 amide bonds. The summed E-state index contributed by atoms with van der Waals surface area (Å²) in [5.74, 6) is 0. The molecule has 6 heteroatoms. The molecule has 0 atom stereocenters. The molecule has 4 nitrogen and oxygen atoms in total. The van der Waals surface area contributed by atoms with E-state index in [9.17, 15) is 13.6 Å². The van der Waals surface area contributed by atoms with Crippen LogP contribution in [0.15, 0.2) is 0 Å². The van der Waals surface area contributed by atoms with Crippen molar-refractivity contribution in [1.29, 1.82) is 0 Å². The first-order valence-electron chi connectivity index (χ1n) is 4.74. The van der Waals surface area contributed by atoms with Crippen molar-refractivity contribution >= 4 is 6.09 Å². The van der Waals surface area contributed by atoms with Crippen LogP contribution in [0.25, 0.3) is 0 Å². The number of ether oxygens (including phenoxy) is 1. The summed E-state index contributed by atoms with van der Waals surface area (Å²) in [6.45, 7) is 3.91. The second-order valence-corrected chi connectivity index (χ2v) is 3.95. The van der Waals surface area contributed by atoms with Crippen molar-refractivity contribution in [3.63, 3.8) is 0 Å². The van der Waals surface area contributed by atoms with Gasteiger partial charge in [-0.25, -0.2) is 18.6 Å². The molecule has 15 heavy (non-hydrogen) atoms. The van der Waals surface area contributed by atoms with E-state index in [-0.39, 0.29) is 13.2 Å². The van der Waals surface area contributed by atoms with E-state index in [1.807, 2.05) is 20.8 Å². The Morgan fingerprint density at radius 3 is 2.33 bits per heavy atom. The highest BCUT2D eigenvalue weighted by Crippen LogP contribution is 2.09. The number of alkyl halides is 2. The van der Waals surface area contributed by atoms with E-state index < -0.39 is 25.0 Å². The van der Waals surface area contributed by atoms with Crippen LogP contribution in [0.3, 0.4) is 0 Å². The van der Waals surface area contributed by atoms with Crippen LogP contribution in [0.4, 0.5) is 13.6 Å². The average Bonchev–Trinajstić information content (AvgIpc) is 2.12. The second kappa shape index (κ2) is 6.55. The van der Waals surface area contributed by atoms with Crippen LogP contribution in [0, 0.1) is 0 Å². The molecule has 0 aromatic heterocycles. The summed E-state index contributed by atoms with van der Waals surface area (Å²) in [7, 11) is 0. The molecule has 0 aromatic rings. The van der Waals surface area contributed by atoms with Gasteiger partial charge in [0.05, 0.1) is 0 Å². The van der Waals surface area contributed by atoms with Crippen molar-refractivity contribution in [3.8, 4) is 0 Å². The number of hydrogen-bond donors (Lipinski definition) is 1. The van der Waals surface area contributed by atoms with Gasteiger partial charge < -0.3 is 4.74 Å². The van der Waals surface area contributed by atoms with Crippen molar-refractivity contribution in [3.05, 3.63) is 0 Å². The third-order valence-corrected chi connectivity index (χ3v) is 1.65. The van der Waals surface area contributed by atoms with Crippen LogP contribution in [0.1, 0.15) is 20.8 Å². The molecule has 0 aliphatic heterocycles. The molecule has 0 fully saturated rings. The molecule has 1 N–H and O–H groups in total. The Balaban J connectivity index is 4.11. The van der Waals surface area contributed by atoms with Gasteiger partial charge in [0.1, 0.15) is 20.0 Å². The second-order valence-electron chi connectivity index (χ2n) is 3.95. The zero-order valence-electron chi connectivity index (χ0n) is 9.35. The van der Waals surface area contributed by atoms with Gasteiger partial charge in [-0.15, -0.1) is 0 Å². The Bertz CT molecular complexity index is 195. The highest BCUT2D eigenvalue weighted by Gasteiger charge is 2.23. The van der Waals surface area contributed by atoms with Gasteiger partial charge in [0.15, 0.2) is 0 Å². The molecule has 0 bridgehead atoms. The minimum atomic E-state index is -0.768. The average molecular weight is 224 g/mol. The molecular formula is C9H18F2N2O2. The quantitative estimate of drug-likeness (QED) is 0.722. The normalized spacial score (nSPS) is 11.6. The van der Waals surface area contributed by atoms with Gasteiger partial charge in [0.2, 0.25) is 0 Å². The zero-order chi connectivity index (χ0) is 11.9. The third-order valence-electron chi connectivity index (χ3n) is 1.65. The van der Waals surface area contributed by atoms with Crippen molar-refractivity contribution in [2.45, 2.75) is 26.3 Å². The standard InChI is InChI=1S/C9H18F2N2O2/c1-9(2,3)13(6-4-10)12-8(14)15-7-5-11/h4-7H2,1-3H3,(H,12,14). The predicted molar refractivity (Wildman–Crippen MR) is 52.9 cm³/mol. The lowest BCUT2D eigenvalue weighted by Gasteiger charge is -2.34. The van der Waals surface area contributed by atoms with E-state index >= 15 is 0 Å². The summed E-state index contributed by atoms with van der Waals surface area (Å²) in [6, 6.07) is 0. The predicted octanol–water partition coefficient (Wildman–Crippen LogP) is 1.67. The minimum Gasteiger partial charge on any atom is -0.446 e. The smallest absolute Gasteiger partial charge is 0.421 e. The van der Waals surface area contributed by atoms with Crippen molar-refractivity contribution in [2.24, 2.45) is 0 Å². The van der Waals surface area contributed by atoms with Crippen LogP contribution < -0.4 is 5.43 Å². The maximum absolute atomic E-state index is 12.2. The first-order valence-corrected chi connectivity index (χ1v) is 4.74. The number of nitrogens with one attached hydrogen (secondary N) is 1. The maximum Gasteiger partial charge on any atom is 0.421 e. The molecule has 0 spiro atoms. The summed E-state index contributed by atoms with van der Waals surface area (Å²) < 4.78 is 28.4. The third kappa shape index (κ3) is 6.22. The summed E-state index contributed by atoms with van der Waals surface area (Å²) in [4.78, 5) is 11.1. The summed E-state index contributed by atoms with van der Waals surface area (Å²) in [5, 5.41) is 1.41. The number of hydrogen-bond acceptors (Lipinski definition) is 3. The summed E-state index contributed by atoms with van der Waals surface area (Å²) in [5.41, 5.74) is 1.94. The van der Waals surface area contributed by atoms with Crippen LogP contribution in [-0.4, -0.2) is 43.1 Å². The molecule has 90 valence electrons. The number of rotatable bonds is 5. The van der Waals surface area contributed by atoms with Crippen LogP contribution in [0.2, 0.25) is 0 Å². The molecule has 0 unspecified atom stereocenters. The lowest BCUT2D eigenvalue weighted by molar-refractivity contribution is 0.0472. The number of hydrazine groups is 1. The number of carbonyl (C=O) groups is 1.